The maximum atomic E-state index is 9.04. The number of aryl methyl sites for hydroxylation is 1. The first-order chi connectivity index (χ1) is 10.1. The molecule has 1 aliphatic rings. The molecule has 7 heteroatoms. The van der Waals surface area contributed by atoms with Gasteiger partial charge in [0, 0.05) is 37.4 Å². The Morgan fingerprint density at radius 1 is 1.33 bits per heavy atom. The highest BCUT2D eigenvalue weighted by atomic mass is 16.4. The van der Waals surface area contributed by atoms with Gasteiger partial charge < -0.3 is 20.9 Å². The van der Waals surface area contributed by atoms with Crippen molar-refractivity contribution in [3.05, 3.63) is 23.4 Å². The SMILES string of the molecule is Cc1cc(/C(N)=N/O)cc(N2CCCN(CCO)CC2)n1. The fourth-order valence-corrected chi connectivity index (χ4v) is 2.58. The molecule has 1 saturated heterocycles. The Balaban J connectivity index is 2.16. The van der Waals surface area contributed by atoms with Crippen molar-refractivity contribution in [2.75, 3.05) is 44.2 Å². The number of nitrogens with two attached hydrogens (primary N) is 1. The first kappa shape index (κ1) is 15.5. The predicted octanol–water partition coefficient (Wildman–Crippen LogP) is -0.0111. The Labute approximate surface area is 124 Å². The molecular formula is C14H23N5O2. The summed E-state index contributed by atoms with van der Waals surface area (Å²) in [5.74, 6) is 0.945. The summed E-state index contributed by atoms with van der Waals surface area (Å²) in [6.45, 7) is 6.44. The van der Waals surface area contributed by atoms with Gasteiger partial charge in [-0.15, -0.1) is 0 Å². The second-order valence-electron chi connectivity index (χ2n) is 5.25. The molecule has 0 amide bonds. The fourth-order valence-electron chi connectivity index (χ4n) is 2.58. The van der Waals surface area contributed by atoms with Crippen LogP contribution in [0.4, 0.5) is 5.82 Å². The lowest BCUT2D eigenvalue weighted by Crippen LogP contribution is -2.33. The van der Waals surface area contributed by atoms with Crippen molar-refractivity contribution in [2.45, 2.75) is 13.3 Å². The average Bonchev–Trinajstić information content (AvgIpc) is 2.72. The van der Waals surface area contributed by atoms with E-state index in [2.05, 4.69) is 19.9 Å². The van der Waals surface area contributed by atoms with Crippen LogP contribution in [0.1, 0.15) is 17.7 Å². The third-order valence-corrected chi connectivity index (χ3v) is 3.67. The smallest absolute Gasteiger partial charge is 0.170 e. The topological polar surface area (TPSA) is 98.2 Å². The van der Waals surface area contributed by atoms with Crippen LogP contribution in [0.15, 0.2) is 17.3 Å². The van der Waals surface area contributed by atoms with Crippen LogP contribution in [0.25, 0.3) is 0 Å². The number of aliphatic hydroxyl groups excluding tert-OH is 1. The molecule has 2 rings (SSSR count). The minimum atomic E-state index is 0.0958. The molecule has 0 spiro atoms. The molecule has 1 aromatic rings. The van der Waals surface area contributed by atoms with Crippen LogP contribution in [0.2, 0.25) is 0 Å². The molecule has 1 aliphatic heterocycles. The summed E-state index contributed by atoms with van der Waals surface area (Å²) < 4.78 is 0. The molecule has 1 fully saturated rings. The number of aliphatic hydroxyl groups is 1. The summed E-state index contributed by atoms with van der Waals surface area (Å²) in [4.78, 5) is 9.01. The molecule has 7 nitrogen and oxygen atoms in total. The number of anilines is 1. The Hall–Kier alpha value is -1.86. The summed E-state index contributed by atoms with van der Waals surface area (Å²) in [6.07, 6.45) is 1.02. The molecule has 2 heterocycles. The van der Waals surface area contributed by atoms with E-state index in [0.717, 1.165) is 44.1 Å². The Morgan fingerprint density at radius 2 is 2.14 bits per heavy atom. The molecule has 0 radical (unpaired) electrons. The van der Waals surface area contributed by atoms with Crippen LogP contribution in [0, 0.1) is 6.92 Å². The standard InChI is InChI=1S/C14H23N5O2/c1-11-9-12(14(15)17-21)10-13(16-11)19-4-2-3-18(5-6-19)7-8-20/h9-10,20-21H,2-8H2,1H3,(H2,15,17). The van der Waals surface area contributed by atoms with Gasteiger partial charge in [0.2, 0.25) is 0 Å². The van der Waals surface area contributed by atoms with Gasteiger partial charge >= 0.3 is 0 Å². The summed E-state index contributed by atoms with van der Waals surface area (Å²) in [6, 6.07) is 3.65. The monoisotopic (exact) mass is 293 g/mol. The van der Waals surface area contributed by atoms with Crippen molar-refractivity contribution < 1.29 is 10.3 Å². The molecule has 1 aromatic heterocycles. The third-order valence-electron chi connectivity index (χ3n) is 3.67. The maximum Gasteiger partial charge on any atom is 0.170 e. The van der Waals surface area contributed by atoms with Gasteiger partial charge in [-0.05, 0) is 32.0 Å². The van der Waals surface area contributed by atoms with E-state index >= 15 is 0 Å². The lowest BCUT2D eigenvalue weighted by atomic mass is 10.2. The Kier molecular flexibility index (Phi) is 5.35. The number of β-amino-alcohol motifs (C(OH)–C–C–N with tert-alkyl or cyclic N) is 1. The van der Waals surface area contributed by atoms with Crippen LogP contribution in [0.5, 0.6) is 0 Å². The van der Waals surface area contributed by atoms with Crippen molar-refractivity contribution in [1.29, 1.82) is 0 Å². The zero-order valence-corrected chi connectivity index (χ0v) is 12.4. The van der Waals surface area contributed by atoms with Crippen LogP contribution in [-0.2, 0) is 0 Å². The molecule has 0 saturated carbocycles. The van der Waals surface area contributed by atoms with Gasteiger partial charge in [-0.2, -0.15) is 0 Å². The van der Waals surface area contributed by atoms with Crippen molar-refractivity contribution in [3.8, 4) is 0 Å². The van der Waals surface area contributed by atoms with Gasteiger partial charge in [-0.3, -0.25) is 4.90 Å². The van der Waals surface area contributed by atoms with Crippen LogP contribution in [-0.4, -0.2) is 65.4 Å². The van der Waals surface area contributed by atoms with Crippen LogP contribution < -0.4 is 10.6 Å². The number of amidine groups is 1. The fraction of sp³-hybridized carbons (Fsp3) is 0.571. The number of hydrogen-bond donors (Lipinski definition) is 3. The van der Waals surface area contributed by atoms with Crippen molar-refractivity contribution in [3.63, 3.8) is 0 Å². The summed E-state index contributed by atoms with van der Waals surface area (Å²) in [7, 11) is 0. The first-order valence-electron chi connectivity index (χ1n) is 7.19. The molecule has 116 valence electrons. The zero-order chi connectivity index (χ0) is 15.2. The third kappa shape index (κ3) is 4.05. The van der Waals surface area contributed by atoms with E-state index in [0.29, 0.717) is 12.1 Å². The highest BCUT2D eigenvalue weighted by Crippen LogP contribution is 2.17. The number of hydrogen-bond acceptors (Lipinski definition) is 6. The largest absolute Gasteiger partial charge is 0.409 e. The quantitative estimate of drug-likeness (QED) is 0.312. The van der Waals surface area contributed by atoms with Gasteiger partial charge in [0.1, 0.15) is 5.82 Å². The normalized spacial score (nSPS) is 17.8. The molecule has 21 heavy (non-hydrogen) atoms. The molecule has 0 aromatic carbocycles. The highest BCUT2D eigenvalue weighted by molar-refractivity contribution is 5.97. The number of pyridine rings is 1. The van der Waals surface area contributed by atoms with E-state index in [9.17, 15) is 0 Å². The molecule has 0 atom stereocenters. The second-order valence-corrected chi connectivity index (χ2v) is 5.25. The van der Waals surface area contributed by atoms with Gasteiger partial charge in [0.05, 0.1) is 6.61 Å². The van der Waals surface area contributed by atoms with Crippen LogP contribution >= 0.6 is 0 Å². The molecule has 4 N–H and O–H groups in total. The summed E-state index contributed by atoms with van der Waals surface area (Å²) in [5.41, 5.74) is 7.19. The van der Waals surface area contributed by atoms with Gasteiger partial charge in [0.25, 0.3) is 0 Å². The number of aromatic nitrogens is 1. The zero-order valence-electron chi connectivity index (χ0n) is 12.4. The van der Waals surface area contributed by atoms with E-state index in [4.69, 9.17) is 16.0 Å². The van der Waals surface area contributed by atoms with E-state index in [1.54, 1.807) is 6.07 Å². The van der Waals surface area contributed by atoms with E-state index in [1.807, 2.05) is 13.0 Å². The second kappa shape index (κ2) is 7.24. The summed E-state index contributed by atoms with van der Waals surface area (Å²) in [5, 5.41) is 20.9. The Bertz CT molecular complexity index is 506. The van der Waals surface area contributed by atoms with E-state index < -0.39 is 0 Å². The summed E-state index contributed by atoms with van der Waals surface area (Å²) >= 11 is 0. The average molecular weight is 293 g/mol. The minimum absolute atomic E-state index is 0.0958. The molecule has 0 aliphatic carbocycles. The molecule has 0 unspecified atom stereocenters. The van der Waals surface area contributed by atoms with Crippen LogP contribution in [0.3, 0.4) is 0 Å². The van der Waals surface area contributed by atoms with Crippen molar-refractivity contribution in [2.24, 2.45) is 10.9 Å². The first-order valence-corrected chi connectivity index (χ1v) is 7.19. The predicted molar refractivity (Wildman–Crippen MR) is 81.8 cm³/mol. The van der Waals surface area contributed by atoms with E-state index in [1.165, 1.54) is 0 Å². The molecule has 0 bridgehead atoms. The molecular weight excluding hydrogens is 270 g/mol. The van der Waals surface area contributed by atoms with Crippen molar-refractivity contribution in [1.82, 2.24) is 9.88 Å². The maximum absolute atomic E-state index is 9.04. The lowest BCUT2D eigenvalue weighted by Gasteiger charge is -2.23. The number of nitrogens with zero attached hydrogens (tertiary/aromatic N) is 4. The number of oxime groups is 1. The highest BCUT2D eigenvalue weighted by Gasteiger charge is 2.16. The van der Waals surface area contributed by atoms with E-state index in [-0.39, 0.29) is 12.4 Å². The Morgan fingerprint density at radius 3 is 2.86 bits per heavy atom. The number of rotatable bonds is 4. The van der Waals surface area contributed by atoms with Gasteiger partial charge in [0.15, 0.2) is 5.84 Å². The van der Waals surface area contributed by atoms with Gasteiger partial charge in [-0.1, -0.05) is 5.16 Å². The minimum Gasteiger partial charge on any atom is -0.409 e. The van der Waals surface area contributed by atoms with Gasteiger partial charge in [-0.25, -0.2) is 4.98 Å². The van der Waals surface area contributed by atoms with Crippen molar-refractivity contribution >= 4 is 11.7 Å². The lowest BCUT2D eigenvalue weighted by molar-refractivity contribution is 0.204.